The van der Waals surface area contributed by atoms with Gasteiger partial charge in [-0.2, -0.15) is 14.0 Å². The van der Waals surface area contributed by atoms with Gasteiger partial charge in [-0.05, 0) is 6.92 Å². The Bertz CT molecular complexity index is 92.0. The molecule has 0 aromatic carbocycles. The maximum Gasteiger partial charge on any atom is 8.00 e. The molecular formula is C2H14ClN5O6Ru+2. The predicted octanol–water partition coefficient (Wildman–Crippen LogP) is -1.78. The summed E-state index contributed by atoms with van der Waals surface area (Å²) in [6, 6.07) is 0. The minimum Gasteiger partial charge on any atom is -0.693 e. The van der Waals surface area contributed by atoms with Gasteiger partial charge in [0.25, 0.3) is 0 Å². The predicted molar refractivity (Wildman–Crippen MR) is 39.3 cm³/mol. The number of carbonyl (C=O) groups excluding carboxylic acids is 1. The molecule has 0 rings (SSSR count). The molecule has 0 heterocycles. The van der Waals surface area contributed by atoms with Gasteiger partial charge >= 0.3 is 19.5 Å². The second kappa shape index (κ2) is 29.2. The Morgan fingerprint density at radius 2 is 1.00 bits per heavy atom. The molecule has 0 saturated heterocycles. The smallest absolute Gasteiger partial charge is 0.693 e. The Morgan fingerprint density at radius 3 is 1.00 bits per heavy atom. The average molecular weight is 341 g/mol. The number of carboxylic acids is 1. The molecule has 0 amide bonds. The monoisotopic (exact) mass is 341 g/mol. The number of hydrogen-bond acceptors (Lipinski definition) is 6. The molecule has 0 aromatic rings. The summed E-state index contributed by atoms with van der Waals surface area (Å²) in [5, 5.41) is 8.89. The minimum atomic E-state index is -4.69. The van der Waals surface area contributed by atoms with Crippen molar-refractivity contribution in [2.45, 2.75) is 6.92 Å². The van der Waals surface area contributed by atoms with Gasteiger partial charge in [0.2, 0.25) is 0 Å². The van der Waals surface area contributed by atoms with Crippen molar-refractivity contribution in [1.29, 1.82) is 0 Å². The largest absolute Gasteiger partial charge is 8.00 e. The molecule has 11 nitrogen and oxygen atoms in total. The number of aliphatic carboxylic acids is 1. The molecule has 15 heavy (non-hydrogen) atoms. The van der Waals surface area contributed by atoms with E-state index in [1.165, 1.54) is 0 Å². The molecule has 0 radical (unpaired) electrons. The van der Waals surface area contributed by atoms with E-state index in [0.717, 1.165) is 6.92 Å². The quantitative estimate of drug-likeness (QED) is 0.495. The van der Waals surface area contributed by atoms with Crippen LogP contribution in [-0.2, 0) is 24.3 Å². The zero-order valence-electron chi connectivity index (χ0n) is 7.61. The summed E-state index contributed by atoms with van der Waals surface area (Å²) >= 11 is 0. The van der Waals surface area contributed by atoms with Gasteiger partial charge < -0.3 is 40.7 Å². The third kappa shape index (κ3) is 3710000. The van der Waals surface area contributed by atoms with Crippen LogP contribution in [0.25, 0.3) is 30.8 Å². The number of hydrogen-bond donors (Lipinski definition) is 1. The van der Waals surface area contributed by atoms with Crippen LogP contribution in [0.15, 0.2) is 0 Å². The molecule has 0 aliphatic carbocycles. The molecule has 0 saturated carbocycles. The zero-order chi connectivity index (χ0) is 8.08. The maximum absolute atomic E-state index is 8.89. The number of halogens is 1. The van der Waals surface area contributed by atoms with Crippen LogP contribution in [0.4, 0.5) is 0 Å². The molecule has 11 N–H and O–H groups in total. The van der Waals surface area contributed by atoms with Crippen LogP contribution in [0, 0.1) is 10.2 Å². The third-order valence-corrected chi connectivity index (χ3v) is 0. The Morgan fingerprint density at radius 1 is 1.00 bits per heavy atom. The summed E-state index contributed by atoms with van der Waals surface area (Å²) in [6.45, 7) is 0.972. The molecule has 0 aromatic heterocycles. The van der Waals surface area contributed by atoms with Gasteiger partial charge in [0, 0.05) is 5.97 Å². The molecule has 0 bridgehead atoms. The molecule has 0 fully saturated rings. The van der Waals surface area contributed by atoms with E-state index < -0.39 is 16.2 Å². The molecule has 13 heteroatoms. The average Bonchev–Trinajstić information content (AvgIpc) is 1.19. The van der Waals surface area contributed by atoms with E-state index >= 15 is 0 Å². The number of rotatable bonds is 0. The van der Waals surface area contributed by atoms with Crippen LogP contribution in [0.3, 0.4) is 0 Å². The SMILES string of the molecule is CC(=O)[O-].[NH2-].[NH2-].[NH2-].[NH2-].[NH2-].[O-][Cl+3]([O-])([O-])O.[Ru+8]. The van der Waals surface area contributed by atoms with Crippen molar-refractivity contribution in [3.8, 4) is 0 Å². The van der Waals surface area contributed by atoms with Crippen molar-refractivity contribution in [2.75, 3.05) is 0 Å². The maximum atomic E-state index is 8.89. The molecule has 0 spiro atoms. The van der Waals surface area contributed by atoms with Gasteiger partial charge in [0.15, 0.2) is 0 Å². The summed E-state index contributed by atoms with van der Waals surface area (Å²) in [6.07, 6.45) is 0. The summed E-state index contributed by atoms with van der Waals surface area (Å²) in [5.74, 6) is -1.08. The first-order valence-corrected chi connectivity index (χ1v) is 2.80. The molecular weight excluding hydrogens is 327 g/mol. The van der Waals surface area contributed by atoms with Crippen molar-refractivity contribution >= 4 is 5.97 Å². The Hall–Kier alpha value is 0.0234. The summed E-state index contributed by atoms with van der Waals surface area (Å²) in [5.41, 5.74) is 0. The topological polar surface area (TPSA) is 297 Å². The van der Waals surface area contributed by atoms with Crippen LogP contribution in [0.2, 0.25) is 0 Å². The van der Waals surface area contributed by atoms with Gasteiger partial charge in [0.1, 0.15) is 0 Å². The first-order valence-electron chi connectivity index (χ1n) is 1.54. The second-order valence-corrected chi connectivity index (χ2v) is 1.68. The minimum absolute atomic E-state index is 0. The normalized spacial score (nSPS) is 5.67. The Kier molecular flexibility index (Phi) is 117. The number of carboxylic acid groups (broad SMARTS) is 1. The zero-order valence-corrected chi connectivity index (χ0v) is 10.1. The number of carbonyl (C=O) groups is 1. The van der Waals surface area contributed by atoms with E-state index in [4.69, 9.17) is 28.5 Å². The first-order chi connectivity index (χ1) is 3.73. The molecule has 96 valence electrons. The fourth-order valence-corrected chi connectivity index (χ4v) is 0. The molecule has 0 atom stereocenters. The van der Waals surface area contributed by atoms with Gasteiger partial charge in [0.05, 0.1) is 14.9 Å². The van der Waals surface area contributed by atoms with Crippen LogP contribution >= 0.6 is 0 Å². The summed E-state index contributed by atoms with van der Waals surface area (Å²) < 4.78 is 32.7. The molecule has 0 aliphatic rings. The summed E-state index contributed by atoms with van der Waals surface area (Å²) in [7, 11) is -4.69. The standard InChI is InChI=1S/C2H4O2.ClHO4.5H2N.Ru/c1-2(3)4;2-1(3,4)5;;;;;;/h1H3,(H,3,4);(H,2,3,4,5);5*1H2;/q;;5*-1;+8/p-1. The molecule has 0 unspecified atom stereocenters. The van der Waals surface area contributed by atoms with E-state index in [2.05, 4.69) is 0 Å². The Balaban J connectivity index is -0.00000000785. The fraction of sp³-hybridized carbons (Fsp3) is 0.500. The van der Waals surface area contributed by atoms with Gasteiger partial charge in [-0.15, -0.1) is 0 Å². The van der Waals surface area contributed by atoms with E-state index in [0.29, 0.717) is 0 Å². The van der Waals surface area contributed by atoms with Crippen molar-refractivity contribution in [3.05, 3.63) is 30.8 Å². The van der Waals surface area contributed by atoms with Gasteiger partial charge in [-0.3, -0.25) is 0 Å². The van der Waals surface area contributed by atoms with E-state index in [9.17, 15) is 0 Å². The third-order valence-electron chi connectivity index (χ3n) is 0. The number of nitrogens with two attached hydrogens (primary N) is 5. The summed E-state index contributed by atoms with van der Waals surface area (Å²) in [4.78, 5) is 8.89. The fourth-order valence-electron chi connectivity index (χ4n) is 0. The van der Waals surface area contributed by atoms with E-state index in [1.54, 1.807) is 0 Å². The first kappa shape index (κ1) is 59.9. The molecule has 0 aliphatic heterocycles. The van der Waals surface area contributed by atoms with Crippen molar-refractivity contribution in [3.63, 3.8) is 0 Å². The van der Waals surface area contributed by atoms with E-state index in [1.807, 2.05) is 0 Å². The second-order valence-electron chi connectivity index (χ2n) is 0.888. The van der Waals surface area contributed by atoms with E-state index in [-0.39, 0.29) is 50.2 Å². The van der Waals surface area contributed by atoms with Crippen LogP contribution < -0.4 is 19.1 Å². The van der Waals surface area contributed by atoms with Crippen LogP contribution in [-0.4, -0.2) is 10.6 Å². The van der Waals surface area contributed by atoms with Gasteiger partial charge in [-0.1, -0.05) is 0 Å². The Labute approximate surface area is 102 Å². The van der Waals surface area contributed by atoms with Crippen LogP contribution in [0.5, 0.6) is 0 Å². The van der Waals surface area contributed by atoms with Crippen molar-refractivity contribution in [2.24, 2.45) is 0 Å². The van der Waals surface area contributed by atoms with Gasteiger partial charge in [-0.25, -0.2) is 0 Å². The van der Waals surface area contributed by atoms with Crippen LogP contribution in [0.1, 0.15) is 6.92 Å². The van der Waals surface area contributed by atoms with Crippen molar-refractivity contribution < 1.29 is 58.3 Å². The van der Waals surface area contributed by atoms with Crippen molar-refractivity contribution in [1.82, 2.24) is 0 Å².